The smallest absolute Gasteiger partial charge is 0.238 e. The lowest BCUT2D eigenvalue weighted by Gasteiger charge is -2.12. The minimum Gasteiger partial charge on any atom is -0.309 e. The Balaban J connectivity index is 0.000000106. The zero-order chi connectivity index (χ0) is 87.1. The maximum Gasteiger partial charge on any atom is 0.238 e. The van der Waals surface area contributed by atoms with E-state index in [0.717, 1.165) is 128 Å². The Morgan fingerprint density at radius 1 is 0.197 bits per heavy atom. The average molecular weight is 1720 g/mol. The van der Waals surface area contributed by atoms with Gasteiger partial charge in [-0.05, 0) is 120 Å². The molecule has 0 radical (unpaired) electrons. The second kappa shape index (κ2) is 32.5. The molecule has 0 saturated heterocycles. The molecule has 14 heteroatoms. The molecule has 10 aromatic heterocycles. The number of benzene rings is 17. The van der Waals surface area contributed by atoms with Gasteiger partial charge in [0.2, 0.25) is 5.95 Å². The molecule has 0 N–H and O–H groups in total. The highest BCUT2D eigenvalue weighted by Crippen LogP contribution is 2.48. The Kier molecular flexibility index (Phi) is 19.0. The van der Waals surface area contributed by atoms with Crippen molar-refractivity contribution < 1.29 is 0 Å². The maximum absolute atomic E-state index is 5.25. The van der Waals surface area contributed by atoms with Crippen molar-refractivity contribution in [1.29, 1.82) is 0 Å². The largest absolute Gasteiger partial charge is 0.309 e. The van der Waals surface area contributed by atoms with Crippen LogP contribution in [0.15, 0.2) is 449 Å². The summed E-state index contributed by atoms with van der Waals surface area (Å²) in [7, 11) is 0. The summed E-state index contributed by atoms with van der Waals surface area (Å²) in [6, 6.07) is 155. The summed E-state index contributed by atoms with van der Waals surface area (Å²) in [6.45, 7) is 0. The van der Waals surface area contributed by atoms with Gasteiger partial charge in [0.15, 0.2) is 23.3 Å². The molecule has 0 amide bonds. The first-order chi connectivity index (χ1) is 65.5. The van der Waals surface area contributed by atoms with Crippen LogP contribution >= 0.6 is 22.7 Å². The molecular weight excluding hydrogens is 1650 g/mol. The van der Waals surface area contributed by atoms with E-state index < -0.39 is 0 Å². The highest BCUT2D eigenvalue weighted by atomic mass is 32.1. The van der Waals surface area contributed by atoms with Crippen molar-refractivity contribution in [2.24, 2.45) is 0 Å². The summed E-state index contributed by atoms with van der Waals surface area (Å²) in [5, 5.41) is 13.6. The Labute approximate surface area is 765 Å². The van der Waals surface area contributed by atoms with Gasteiger partial charge >= 0.3 is 0 Å². The van der Waals surface area contributed by atoms with Crippen molar-refractivity contribution in [3.63, 3.8) is 0 Å². The highest BCUT2D eigenvalue weighted by Gasteiger charge is 2.27. The molecule has 0 unspecified atom stereocenters. The van der Waals surface area contributed by atoms with Crippen molar-refractivity contribution in [2.75, 3.05) is 0 Å². The second-order valence-corrected chi connectivity index (χ2v) is 34.9. The summed E-state index contributed by atoms with van der Waals surface area (Å²) in [5.41, 5.74) is 24.1. The predicted molar refractivity (Wildman–Crippen MR) is 548 cm³/mol. The summed E-state index contributed by atoms with van der Waals surface area (Å²) >= 11 is 3.75. The number of fused-ring (bicyclic) bond motifs is 21. The Bertz CT molecular complexity index is 8940. The van der Waals surface area contributed by atoms with E-state index in [1.807, 2.05) is 156 Å². The van der Waals surface area contributed by atoms with Crippen LogP contribution in [-0.2, 0) is 0 Å². The van der Waals surface area contributed by atoms with E-state index in [0.29, 0.717) is 29.2 Å². The molecule has 0 bridgehead atoms. The van der Waals surface area contributed by atoms with Crippen LogP contribution in [0.4, 0.5) is 0 Å². The molecule has 12 nitrogen and oxygen atoms in total. The fourth-order valence-corrected chi connectivity index (χ4v) is 21.6. The molecule has 27 rings (SSSR count). The third kappa shape index (κ3) is 13.4. The number of hydrogen-bond donors (Lipinski definition) is 0. The molecule has 17 aromatic carbocycles. The van der Waals surface area contributed by atoms with Gasteiger partial charge in [-0.25, -0.2) is 24.9 Å². The normalized spacial score (nSPS) is 11.6. The number of pyridine rings is 1. The molecule has 0 spiro atoms. The molecule has 27 aromatic rings. The minimum atomic E-state index is 0.551. The zero-order valence-corrected chi connectivity index (χ0v) is 72.5. The van der Waals surface area contributed by atoms with Crippen LogP contribution in [0, 0.1) is 0 Å². The molecule has 0 aliphatic heterocycles. The number of para-hydroxylation sites is 3. The van der Waals surface area contributed by atoms with E-state index in [4.69, 9.17) is 39.9 Å². The number of nitrogens with zero attached hydrogens (tertiary/aromatic N) is 12. The second-order valence-electron chi connectivity index (χ2n) is 32.8. The SMILES string of the molecule is c1ccc(-c2cc(-c3ccccc3)nc(-c3ccc(-n4c5ccccc5c5c6sc7ccccc7c6ccc54)cc3)n2)cc1.c1ccc(-c2ccc3c4c5sc6ccccc6c5ccc4n(-c4cc(-c5ccccc5)nc(-c5ccccc5)n4)c3c2)cc1.c1ccc(-c2nc(-c3ccccc3)nc(-n3c4cccnc4c4ccc5c(c6ccccc6n5-c5ccccc5)c43)n2)cc1. The van der Waals surface area contributed by atoms with Gasteiger partial charge in [-0.1, -0.05) is 328 Å². The van der Waals surface area contributed by atoms with Crippen molar-refractivity contribution >= 4 is 150 Å². The monoisotopic (exact) mass is 1720 g/mol. The lowest BCUT2D eigenvalue weighted by Crippen LogP contribution is -2.06. The van der Waals surface area contributed by atoms with E-state index in [9.17, 15) is 0 Å². The molecule has 0 atom stereocenters. The highest BCUT2D eigenvalue weighted by molar-refractivity contribution is 7.27. The van der Waals surface area contributed by atoms with Crippen molar-refractivity contribution in [3.05, 3.63) is 449 Å². The van der Waals surface area contributed by atoms with Gasteiger partial charge < -0.3 is 9.13 Å². The van der Waals surface area contributed by atoms with Crippen LogP contribution in [0.25, 0.3) is 241 Å². The van der Waals surface area contributed by atoms with Gasteiger partial charge in [-0.3, -0.25) is 14.1 Å². The lowest BCUT2D eigenvalue weighted by molar-refractivity contribution is 0.954. The number of hydrogen-bond acceptors (Lipinski definition) is 10. The van der Waals surface area contributed by atoms with Crippen LogP contribution in [0.1, 0.15) is 0 Å². The zero-order valence-electron chi connectivity index (χ0n) is 70.9. The van der Waals surface area contributed by atoms with Crippen LogP contribution in [-0.4, -0.2) is 58.1 Å². The van der Waals surface area contributed by atoms with Gasteiger partial charge in [-0.15, -0.1) is 22.7 Å². The molecule has 0 aliphatic carbocycles. The fraction of sp³-hybridized carbons (Fsp3) is 0. The van der Waals surface area contributed by atoms with E-state index >= 15 is 0 Å². The summed E-state index contributed by atoms with van der Waals surface area (Å²) in [5.74, 6) is 4.06. The van der Waals surface area contributed by atoms with Crippen LogP contribution in [0.2, 0.25) is 0 Å². The van der Waals surface area contributed by atoms with Crippen LogP contribution in [0.3, 0.4) is 0 Å². The third-order valence-electron chi connectivity index (χ3n) is 25.1. The van der Waals surface area contributed by atoms with Gasteiger partial charge in [0.25, 0.3) is 0 Å². The molecule has 0 saturated carbocycles. The van der Waals surface area contributed by atoms with Gasteiger partial charge in [0.1, 0.15) is 5.82 Å². The third-order valence-corrected chi connectivity index (χ3v) is 27.5. The molecule has 0 aliphatic rings. The summed E-state index contributed by atoms with van der Waals surface area (Å²) < 4.78 is 14.5. The van der Waals surface area contributed by atoms with Crippen molar-refractivity contribution in [1.82, 2.24) is 58.1 Å². The summed E-state index contributed by atoms with van der Waals surface area (Å²) in [4.78, 5) is 40.5. The van der Waals surface area contributed by atoms with Gasteiger partial charge in [0, 0.05) is 141 Å². The quantitative estimate of drug-likeness (QED) is 0.119. The lowest BCUT2D eigenvalue weighted by atomic mass is 10.0. The first kappa shape index (κ1) is 77.1. The van der Waals surface area contributed by atoms with E-state index in [2.05, 4.69) is 334 Å². The Morgan fingerprint density at radius 2 is 0.561 bits per heavy atom. The Morgan fingerprint density at radius 3 is 1.08 bits per heavy atom. The summed E-state index contributed by atoms with van der Waals surface area (Å²) in [6.07, 6.45) is 1.85. The first-order valence-electron chi connectivity index (χ1n) is 44.1. The Hall–Kier alpha value is -17.3. The van der Waals surface area contributed by atoms with E-state index in [-0.39, 0.29) is 0 Å². The minimum absolute atomic E-state index is 0.551. The standard InChI is InChI=1S/2C40H25N3S.C38H24N6/c1-4-12-26(13-5-1)29-20-21-32-35(24-29)43(34-23-22-31-30-18-10-11-19-36(30)44-39(31)38(32)34)37-25-33(27-14-6-2-7-15-27)41-40(42-37)28-16-8-3-9-17-28;1-3-11-26(12-4-1)33-25-34(27-13-5-2-6-14-27)42-40(41-33)28-19-21-29(22-20-28)43-35-17-9-7-16-32(35)38-36(43)24-23-31-30-15-8-10-18-37(30)44-39(31)38;1-4-13-25(14-5-1)36-40-37(26-15-6-2-7-16-26)42-38(41-36)44-32-21-12-24-39-34(32)29-22-23-31-33(35(29)44)28-19-10-11-20-30(28)43(31)27-17-8-3-9-18-27/h2*1-25H;1-24H. The number of rotatable bonds is 12. The molecule has 0 fully saturated rings. The molecule has 132 heavy (non-hydrogen) atoms. The predicted octanol–water partition coefficient (Wildman–Crippen LogP) is 30.7. The molecule has 10 heterocycles. The van der Waals surface area contributed by atoms with Gasteiger partial charge in [-0.2, -0.15) is 9.97 Å². The van der Waals surface area contributed by atoms with E-state index in [1.54, 1.807) is 0 Å². The molecule has 618 valence electrons. The van der Waals surface area contributed by atoms with Crippen LogP contribution in [0.5, 0.6) is 0 Å². The van der Waals surface area contributed by atoms with Crippen molar-refractivity contribution in [3.8, 4) is 114 Å². The van der Waals surface area contributed by atoms with E-state index in [1.165, 1.54) is 84.0 Å². The number of thiophene rings is 2. The van der Waals surface area contributed by atoms with Gasteiger partial charge in [0.05, 0.1) is 66.7 Å². The number of aromatic nitrogens is 12. The fourth-order valence-electron chi connectivity index (χ4n) is 19.1. The maximum atomic E-state index is 5.25. The first-order valence-corrected chi connectivity index (χ1v) is 45.7. The average Bonchev–Trinajstić information content (AvgIpc) is 1.54. The molecular formula is C118H74N12S2. The van der Waals surface area contributed by atoms with Crippen molar-refractivity contribution in [2.45, 2.75) is 0 Å². The van der Waals surface area contributed by atoms with Crippen LogP contribution < -0.4 is 0 Å². The topological polar surface area (TPSA) is 123 Å².